The minimum atomic E-state index is 0. The van der Waals surface area contributed by atoms with E-state index in [0.717, 1.165) is 26.1 Å². The van der Waals surface area contributed by atoms with Crippen molar-refractivity contribution < 1.29 is 0 Å². The van der Waals surface area contributed by atoms with E-state index < -0.39 is 0 Å². The number of nitrogens with zero attached hydrogens (tertiary/aromatic N) is 1. The van der Waals surface area contributed by atoms with Crippen molar-refractivity contribution >= 4 is 37.2 Å². The molecule has 1 aromatic rings. The van der Waals surface area contributed by atoms with Gasteiger partial charge in [-0.1, -0.05) is 30.3 Å². The summed E-state index contributed by atoms with van der Waals surface area (Å²) in [5, 5.41) is 0. The number of hydrogen-bond donors (Lipinski definition) is 2. The molecule has 0 aliphatic carbocycles. The molecule has 0 unspecified atom stereocenters. The van der Waals surface area contributed by atoms with E-state index in [2.05, 4.69) is 29.2 Å². The summed E-state index contributed by atoms with van der Waals surface area (Å²) in [6.45, 7) is 2.88. The Morgan fingerprint density at radius 1 is 0.944 bits per heavy atom. The molecule has 0 saturated carbocycles. The second-order valence-corrected chi connectivity index (χ2v) is 4.44. The highest BCUT2D eigenvalue weighted by Crippen LogP contribution is 2.11. The van der Waals surface area contributed by atoms with E-state index in [1.165, 1.54) is 5.56 Å². The van der Waals surface area contributed by atoms with Crippen LogP contribution in [-0.4, -0.2) is 30.1 Å². The molecule has 3 nitrogen and oxygen atoms in total. The molecular weight excluding hydrogens is 293 g/mol. The average molecular weight is 315 g/mol. The van der Waals surface area contributed by atoms with Crippen LogP contribution in [0.3, 0.4) is 0 Å². The van der Waals surface area contributed by atoms with E-state index in [1.54, 1.807) is 0 Å². The van der Waals surface area contributed by atoms with Gasteiger partial charge in [-0.15, -0.1) is 37.2 Å². The van der Waals surface area contributed by atoms with Crippen LogP contribution in [0.5, 0.6) is 0 Å². The van der Waals surface area contributed by atoms with Crippen LogP contribution in [0.25, 0.3) is 0 Å². The Bertz CT molecular complexity index is 301. The lowest BCUT2D eigenvalue weighted by Gasteiger charge is -2.34. The molecule has 2 rings (SSSR count). The summed E-state index contributed by atoms with van der Waals surface area (Å²) in [7, 11) is 0. The van der Waals surface area contributed by atoms with Gasteiger partial charge in [-0.2, -0.15) is 0 Å². The molecule has 4 N–H and O–H groups in total. The van der Waals surface area contributed by atoms with Gasteiger partial charge in [0.15, 0.2) is 0 Å². The fourth-order valence-corrected chi connectivity index (χ4v) is 2.25. The fraction of sp³-hybridized carbons (Fsp3) is 0.500. The molecule has 1 heterocycles. The lowest BCUT2D eigenvalue weighted by atomic mass is 10.0. The third-order valence-corrected chi connectivity index (χ3v) is 2.84. The molecular formula is C12H22Cl3N3. The van der Waals surface area contributed by atoms with Crippen LogP contribution >= 0.6 is 37.2 Å². The molecule has 2 atom stereocenters. The lowest BCUT2D eigenvalue weighted by Crippen LogP contribution is -2.51. The van der Waals surface area contributed by atoms with Crippen molar-refractivity contribution in [2.24, 2.45) is 11.5 Å². The summed E-state index contributed by atoms with van der Waals surface area (Å²) in [6, 6.07) is 10.9. The number of nitrogens with two attached hydrogens (primary N) is 2. The maximum atomic E-state index is 5.95. The predicted molar refractivity (Wildman–Crippen MR) is 84.0 cm³/mol. The van der Waals surface area contributed by atoms with Gasteiger partial charge >= 0.3 is 0 Å². The maximum Gasteiger partial charge on any atom is 0.0235 e. The van der Waals surface area contributed by atoms with Gasteiger partial charge in [-0.3, -0.25) is 4.90 Å². The number of rotatable bonds is 2. The Morgan fingerprint density at radius 2 is 1.44 bits per heavy atom. The summed E-state index contributed by atoms with van der Waals surface area (Å²) < 4.78 is 0. The molecule has 6 heteroatoms. The van der Waals surface area contributed by atoms with Crippen molar-refractivity contribution in [1.82, 2.24) is 4.90 Å². The summed E-state index contributed by atoms with van der Waals surface area (Å²) in [5.41, 5.74) is 13.2. The Hall–Kier alpha value is -0.0300. The standard InChI is InChI=1S/C12H19N3.3ClH/c13-11-6-12(14)9-15(8-11)7-10-4-2-1-3-5-10;;;/h1-5,11-12H,6-9,13-14H2;3*1H/t11-,12+;;;. The quantitative estimate of drug-likeness (QED) is 0.875. The van der Waals surface area contributed by atoms with Gasteiger partial charge in [0.1, 0.15) is 0 Å². The lowest BCUT2D eigenvalue weighted by molar-refractivity contribution is 0.183. The fourth-order valence-electron chi connectivity index (χ4n) is 2.25. The van der Waals surface area contributed by atoms with Crippen molar-refractivity contribution in [3.05, 3.63) is 35.9 Å². The van der Waals surface area contributed by atoms with Crippen molar-refractivity contribution in [3.8, 4) is 0 Å². The highest BCUT2D eigenvalue weighted by molar-refractivity contribution is 5.86. The van der Waals surface area contributed by atoms with Crippen molar-refractivity contribution in [3.63, 3.8) is 0 Å². The van der Waals surface area contributed by atoms with Gasteiger partial charge in [0.25, 0.3) is 0 Å². The first kappa shape index (κ1) is 20.3. The third-order valence-electron chi connectivity index (χ3n) is 2.84. The SMILES string of the molecule is Cl.Cl.Cl.N[C@@H]1C[C@H](N)CN(Cc2ccccc2)C1. The van der Waals surface area contributed by atoms with Crippen molar-refractivity contribution in [2.75, 3.05) is 13.1 Å². The Balaban J connectivity index is 0. The van der Waals surface area contributed by atoms with Gasteiger partial charge in [-0.05, 0) is 12.0 Å². The zero-order valence-corrected chi connectivity index (χ0v) is 12.6. The van der Waals surface area contributed by atoms with Crippen LogP contribution in [0.15, 0.2) is 30.3 Å². The van der Waals surface area contributed by atoms with E-state index in [-0.39, 0.29) is 49.3 Å². The molecule has 0 bridgehead atoms. The molecule has 1 aliphatic heterocycles. The number of piperidine rings is 1. The smallest absolute Gasteiger partial charge is 0.0235 e. The van der Waals surface area contributed by atoms with Gasteiger partial charge in [0, 0.05) is 31.7 Å². The summed E-state index contributed by atoms with van der Waals surface area (Å²) >= 11 is 0. The van der Waals surface area contributed by atoms with Crippen molar-refractivity contribution in [2.45, 2.75) is 25.0 Å². The monoisotopic (exact) mass is 313 g/mol. The molecule has 106 valence electrons. The van der Waals surface area contributed by atoms with E-state index >= 15 is 0 Å². The molecule has 18 heavy (non-hydrogen) atoms. The zero-order valence-electron chi connectivity index (χ0n) is 10.2. The van der Waals surface area contributed by atoms with Gasteiger partial charge in [0.2, 0.25) is 0 Å². The van der Waals surface area contributed by atoms with E-state index in [4.69, 9.17) is 11.5 Å². The normalized spacial score (nSPS) is 23.2. The molecule has 1 fully saturated rings. The summed E-state index contributed by atoms with van der Waals surface area (Å²) in [5.74, 6) is 0. The molecule has 1 aliphatic rings. The first-order valence-corrected chi connectivity index (χ1v) is 5.51. The summed E-state index contributed by atoms with van der Waals surface area (Å²) in [6.07, 6.45) is 0.950. The Morgan fingerprint density at radius 3 is 1.94 bits per heavy atom. The van der Waals surface area contributed by atoms with Crippen LogP contribution in [0.2, 0.25) is 0 Å². The van der Waals surface area contributed by atoms with E-state index in [0.29, 0.717) is 0 Å². The Kier molecular flexibility index (Phi) is 11.1. The maximum absolute atomic E-state index is 5.95. The number of likely N-dealkylation sites (tertiary alicyclic amines) is 1. The van der Waals surface area contributed by atoms with Crippen LogP contribution in [0.1, 0.15) is 12.0 Å². The number of benzene rings is 1. The van der Waals surface area contributed by atoms with Crippen LogP contribution in [-0.2, 0) is 6.54 Å². The van der Waals surface area contributed by atoms with Crippen LogP contribution in [0, 0.1) is 0 Å². The molecule has 0 amide bonds. The molecule has 1 aromatic carbocycles. The van der Waals surface area contributed by atoms with Gasteiger partial charge < -0.3 is 11.5 Å². The zero-order chi connectivity index (χ0) is 10.7. The first-order valence-electron chi connectivity index (χ1n) is 5.51. The number of hydrogen-bond acceptors (Lipinski definition) is 3. The summed E-state index contributed by atoms with van der Waals surface area (Å²) in [4.78, 5) is 2.34. The topological polar surface area (TPSA) is 55.3 Å². The molecule has 1 saturated heterocycles. The van der Waals surface area contributed by atoms with Crippen LogP contribution < -0.4 is 11.5 Å². The van der Waals surface area contributed by atoms with Crippen LogP contribution in [0.4, 0.5) is 0 Å². The Labute approximate surface area is 128 Å². The average Bonchev–Trinajstić information content (AvgIpc) is 2.17. The molecule has 0 aromatic heterocycles. The molecule has 0 radical (unpaired) electrons. The second kappa shape index (κ2) is 9.84. The highest BCUT2D eigenvalue weighted by Gasteiger charge is 2.22. The number of halogens is 3. The minimum absolute atomic E-state index is 0. The van der Waals surface area contributed by atoms with E-state index in [1.807, 2.05) is 6.07 Å². The first-order chi connectivity index (χ1) is 7.24. The second-order valence-electron chi connectivity index (χ2n) is 4.44. The van der Waals surface area contributed by atoms with Gasteiger partial charge in [0.05, 0.1) is 0 Å². The van der Waals surface area contributed by atoms with Gasteiger partial charge in [-0.25, -0.2) is 0 Å². The highest BCUT2D eigenvalue weighted by atomic mass is 35.5. The molecule has 0 spiro atoms. The predicted octanol–water partition coefficient (Wildman–Crippen LogP) is 1.81. The largest absolute Gasteiger partial charge is 0.326 e. The third kappa shape index (κ3) is 6.23. The van der Waals surface area contributed by atoms with Crippen molar-refractivity contribution in [1.29, 1.82) is 0 Å². The van der Waals surface area contributed by atoms with E-state index in [9.17, 15) is 0 Å². The minimum Gasteiger partial charge on any atom is -0.326 e.